The zero-order valence-electron chi connectivity index (χ0n) is 16.5. The van der Waals surface area contributed by atoms with Gasteiger partial charge >= 0.3 is 0 Å². The standard InChI is InChI=1S/C22H24N4O3/c1-15-12-16(2-3-20(15)26-7-10-27-11-8-26)18-13-19-21(24-6-5-23-19)22(25-18)29-17-4-9-28-14-17/h2-3,5-6,12-13,17H,4,7-11,14H2,1H3/t17-/m1/s1. The molecule has 2 aliphatic rings. The SMILES string of the molecule is Cc1cc(-c2cc3nccnc3c(O[C@@H]3CCOC3)n2)ccc1N1CCOCC1. The number of anilines is 1. The van der Waals surface area contributed by atoms with Crippen LogP contribution in [0.25, 0.3) is 22.3 Å². The van der Waals surface area contributed by atoms with Crippen molar-refractivity contribution in [3.8, 4) is 17.1 Å². The lowest BCUT2D eigenvalue weighted by Gasteiger charge is -2.30. The average Bonchev–Trinajstić information content (AvgIpc) is 3.27. The van der Waals surface area contributed by atoms with Gasteiger partial charge in [0.15, 0.2) is 5.52 Å². The zero-order chi connectivity index (χ0) is 19.6. The van der Waals surface area contributed by atoms with Crippen molar-refractivity contribution in [2.45, 2.75) is 19.4 Å². The summed E-state index contributed by atoms with van der Waals surface area (Å²) in [6.07, 6.45) is 4.24. The molecule has 0 spiro atoms. The molecule has 1 aromatic carbocycles. The number of nitrogens with zero attached hydrogens (tertiary/aromatic N) is 4. The summed E-state index contributed by atoms with van der Waals surface area (Å²) in [4.78, 5) is 16.1. The van der Waals surface area contributed by atoms with Crippen LogP contribution in [0.15, 0.2) is 36.7 Å². The smallest absolute Gasteiger partial charge is 0.243 e. The Morgan fingerprint density at radius 3 is 2.69 bits per heavy atom. The number of hydrogen-bond donors (Lipinski definition) is 0. The molecule has 2 aliphatic heterocycles. The Morgan fingerprint density at radius 1 is 1.03 bits per heavy atom. The molecular weight excluding hydrogens is 368 g/mol. The quantitative estimate of drug-likeness (QED) is 0.676. The molecule has 0 radical (unpaired) electrons. The van der Waals surface area contributed by atoms with Gasteiger partial charge in [-0.25, -0.2) is 9.97 Å². The first-order chi connectivity index (χ1) is 14.3. The molecule has 0 aliphatic carbocycles. The fraction of sp³-hybridized carbons (Fsp3) is 0.409. The van der Waals surface area contributed by atoms with E-state index in [1.807, 2.05) is 6.07 Å². The Hall–Kier alpha value is -2.77. The van der Waals surface area contributed by atoms with Crippen LogP contribution in [-0.2, 0) is 9.47 Å². The highest BCUT2D eigenvalue weighted by Crippen LogP contribution is 2.31. The topological polar surface area (TPSA) is 69.6 Å². The molecule has 0 saturated carbocycles. The van der Waals surface area contributed by atoms with Gasteiger partial charge in [-0.15, -0.1) is 0 Å². The number of morpholine rings is 1. The summed E-state index contributed by atoms with van der Waals surface area (Å²) in [5, 5.41) is 0. The highest BCUT2D eigenvalue weighted by molar-refractivity contribution is 5.83. The molecule has 4 heterocycles. The molecule has 0 bridgehead atoms. The summed E-state index contributed by atoms with van der Waals surface area (Å²) in [7, 11) is 0. The average molecular weight is 392 g/mol. The second kappa shape index (κ2) is 7.93. The Balaban J connectivity index is 1.51. The third-order valence-electron chi connectivity index (χ3n) is 5.44. The Labute approximate surface area is 169 Å². The Bertz CT molecular complexity index is 1010. The molecule has 0 unspecified atom stereocenters. The first-order valence-electron chi connectivity index (χ1n) is 10.1. The summed E-state index contributed by atoms with van der Waals surface area (Å²) in [6, 6.07) is 8.44. The van der Waals surface area contributed by atoms with Gasteiger partial charge in [-0.2, -0.15) is 0 Å². The summed E-state index contributed by atoms with van der Waals surface area (Å²) in [5.41, 5.74) is 5.81. The first-order valence-corrected chi connectivity index (χ1v) is 10.1. The fourth-order valence-electron chi connectivity index (χ4n) is 3.91. The van der Waals surface area contributed by atoms with Crippen LogP contribution in [0.1, 0.15) is 12.0 Å². The lowest BCUT2D eigenvalue weighted by Crippen LogP contribution is -2.36. The third-order valence-corrected chi connectivity index (χ3v) is 5.44. The lowest BCUT2D eigenvalue weighted by atomic mass is 10.0. The molecular formula is C22H24N4O3. The molecule has 7 nitrogen and oxygen atoms in total. The van der Waals surface area contributed by atoms with Gasteiger partial charge in [-0.3, -0.25) is 4.98 Å². The van der Waals surface area contributed by atoms with E-state index in [1.54, 1.807) is 12.4 Å². The third kappa shape index (κ3) is 3.75. The van der Waals surface area contributed by atoms with Gasteiger partial charge in [-0.05, 0) is 30.7 Å². The van der Waals surface area contributed by atoms with Crippen molar-refractivity contribution in [2.75, 3.05) is 44.4 Å². The number of aryl methyl sites for hydroxylation is 1. The number of fused-ring (bicyclic) bond motifs is 1. The summed E-state index contributed by atoms with van der Waals surface area (Å²) in [5.74, 6) is 0.524. The van der Waals surface area contributed by atoms with Crippen molar-refractivity contribution in [1.29, 1.82) is 0 Å². The largest absolute Gasteiger partial charge is 0.470 e. The van der Waals surface area contributed by atoms with Gasteiger partial charge in [0.05, 0.1) is 37.6 Å². The van der Waals surface area contributed by atoms with E-state index in [4.69, 9.17) is 19.2 Å². The molecule has 29 heavy (non-hydrogen) atoms. The number of aromatic nitrogens is 3. The van der Waals surface area contributed by atoms with Gasteiger partial charge < -0.3 is 19.1 Å². The van der Waals surface area contributed by atoms with Crippen LogP contribution < -0.4 is 9.64 Å². The van der Waals surface area contributed by atoms with Crippen molar-refractivity contribution >= 4 is 16.7 Å². The number of hydrogen-bond acceptors (Lipinski definition) is 7. The molecule has 3 aromatic rings. The Kier molecular flexibility index (Phi) is 4.99. The van der Waals surface area contributed by atoms with Crippen LogP contribution in [0, 0.1) is 6.92 Å². The molecule has 1 atom stereocenters. The second-order valence-corrected chi connectivity index (χ2v) is 7.44. The van der Waals surface area contributed by atoms with Crippen LogP contribution in [0.2, 0.25) is 0 Å². The van der Waals surface area contributed by atoms with Crippen LogP contribution in [0.4, 0.5) is 5.69 Å². The van der Waals surface area contributed by atoms with E-state index < -0.39 is 0 Å². The number of rotatable bonds is 4. The van der Waals surface area contributed by atoms with Crippen molar-refractivity contribution in [2.24, 2.45) is 0 Å². The normalized spacial score (nSPS) is 19.6. The van der Waals surface area contributed by atoms with E-state index in [0.29, 0.717) is 18.0 Å². The van der Waals surface area contributed by atoms with Crippen LogP contribution in [0.3, 0.4) is 0 Å². The highest BCUT2D eigenvalue weighted by Gasteiger charge is 2.21. The van der Waals surface area contributed by atoms with Gasteiger partial charge in [0.1, 0.15) is 6.10 Å². The molecule has 2 aromatic heterocycles. The predicted molar refractivity (Wildman–Crippen MR) is 110 cm³/mol. The first kappa shape index (κ1) is 18.3. The van der Waals surface area contributed by atoms with E-state index in [0.717, 1.165) is 56.1 Å². The van der Waals surface area contributed by atoms with E-state index in [1.165, 1.54) is 11.3 Å². The fourth-order valence-corrected chi connectivity index (χ4v) is 3.91. The van der Waals surface area contributed by atoms with Crippen LogP contribution in [0.5, 0.6) is 5.88 Å². The summed E-state index contributed by atoms with van der Waals surface area (Å²) in [6.45, 7) is 6.84. The second-order valence-electron chi connectivity index (χ2n) is 7.44. The van der Waals surface area contributed by atoms with Crippen molar-refractivity contribution in [3.05, 3.63) is 42.2 Å². The molecule has 2 saturated heterocycles. The monoisotopic (exact) mass is 392 g/mol. The Morgan fingerprint density at radius 2 is 1.90 bits per heavy atom. The molecule has 2 fully saturated rings. The van der Waals surface area contributed by atoms with Gasteiger partial charge in [0, 0.05) is 43.2 Å². The minimum absolute atomic E-state index is 0.00777. The van der Waals surface area contributed by atoms with E-state index in [2.05, 4.69) is 40.0 Å². The van der Waals surface area contributed by atoms with E-state index in [9.17, 15) is 0 Å². The molecule has 0 amide bonds. The van der Waals surface area contributed by atoms with Crippen LogP contribution in [-0.4, -0.2) is 60.6 Å². The summed E-state index contributed by atoms with van der Waals surface area (Å²) >= 11 is 0. The number of pyridine rings is 1. The highest BCUT2D eigenvalue weighted by atomic mass is 16.5. The van der Waals surface area contributed by atoms with E-state index in [-0.39, 0.29) is 6.10 Å². The molecule has 0 N–H and O–H groups in total. The van der Waals surface area contributed by atoms with Crippen molar-refractivity contribution in [3.63, 3.8) is 0 Å². The summed E-state index contributed by atoms with van der Waals surface area (Å²) < 4.78 is 17.1. The lowest BCUT2D eigenvalue weighted by molar-refractivity contribution is 0.122. The van der Waals surface area contributed by atoms with Gasteiger partial charge in [-0.1, -0.05) is 6.07 Å². The maximum absolute atomic E-state index is 6.14. The minimum atomic E-state index is 0.00777. The number of ether oxygens (including phenoxy) is 3. The van der Waals surface area contributed by atoms with Crippen molar-refractivity contribution < 1.29 is 14.2 Å². The maximum atomic E-state index is 6.14. The maximum Gasteiger partial charge on any atom is 0.243 e. The molecule has 5 rings (SSSR count). The molecule has 7 heteroatoms. The predicted octanol–water partition coefficient (Wildman–Crippen LogP) is 3.00. The van der Waals surface area contributed by atoms with Gasteiger partial charge in [0.25, 0.3) is 0 Å². The van der Waals surface area contributed by atoms with Crippen LogP contribution >= 0.6 is 0 Å². The van der Waals surface area contributed by atoms with E-state index >= 15 is 0 Å². The van der Waals surface area contributed by atoms with Gasteiger partial charge in [0.2, 0.25) is 5.88 Å². The zero-order valence-corrected chi connectivity index (χ0v) is 16.5. The molecule has 150 valence electrons. The minimum Gasteiger partial charge on any atom is -0.470 e. The number of benzene rings is 1. The van der Waals surface area contributed by atoms with Crippen molar-refractivity contribution in [1.82, 2.24) is 15.0 Å².